The molecular weight excluding hydrogens is 521 g/mol. The maximum Gasteiger partial charge on any atom is 0.271 e. The summed E-state index contributed by atoms with van der Waals surface area (Å²) < 4.78 is 5.19. The summed E-state index contributed by atoms with van der Waals surface area (Å²) in [5.74, 6) is 1.15. The Morgan fingerprint density at radius 1 is 0.914 bits per heavy atom. The second-order valence-corrected chi connectivity index (χ2v) is 10.3. The number of benzene rings is 3. The molecule has 0 aliphatic carbocycles. The number of nitrogens with one attached hydrogen (secondary N) is 1. The highest BCUT2D eigenvalue weighted by Crippen LogP contribution is 2.32. The third kappa shape index (κ3) is 7.39. The number of nitrogens with zero attached hydrogens (tertiary/aromatic N) is 2. The maximum atomic E-state index is 13.2. The molecule has 0 atom stereocenters. The lowest BCUT2D eigenvalue weighted by Crippen LogP contribution is -2.25. The molecule has 4 aromatic rings. The fourth-order valence-electron chi connectivity index (χ4n) is 3.03. The largest absolute Gasteiger partial charge is 0.497 e. The highest BCUT2D eigenvalue weighted by Gasteiger charge is 2.17. The molecule has 0 bridgehead atoms. The quantitative estimate of drug-likeness (QED) is 0.179. The van der Waals surface area contributed by atoms with Gasteiger partial charge in [-0.3, -0.25) is 4.79 Å². The Balaban J connectivity index is 1.52. The standard InChI is InChI=1S/C26H21Cl2N3O2S2/c1-33-21-10-4-17(5-11-21)14-29-25(32)24-23(35-22-12-8-20(28)9-13-22)15-30-26(31-24)34-16-18-2-6-19(27)7-3-18/h2-13,15H,14,16H2,1H3,(H,29,32). The van der Waals surface area contributed by atoms with Crippen LogP contribution in [-0.2, 0) is 12.3 Å². The van der Waals surface area contributed by atoms with Crippen molar-refractivity contribution < 1.29 is 9.53 Å². The first kappa shape index (κ1) is 25.4. The first-order chi connectivity index (χ1) is 17.0. The molecule has 0 fully saturated rings. The Bertz CT molecular complexity index is 1290. The molecule has 0 aliphatic heterocycles. The predicted octanol–water partition coefficient (Wildman–Crippen LogP) is 7.17. The molecule has 9 heteroatoms. The van der Waals surface area contributed by atoms with Crippen molar-refractivity contribution in [1.82, 2.24) is 15.3 Å². The molecule has 4 rings (SSSR count). The second kappa shape index (κ2) is 12.3. The summed E-state index contributed by atoms with van der Waals surface area (Å²) in [5.41, 5.74) is 2.37. The van der Waals surface area contributed by atoms with Crippen molar-refractivity contribution in [2.75, 3.05) is 7.11 Å². The van der Waals surface area contributed by atoms with Gasteiger partial charge in [-0.25, -0.2) is 9.97 Å². The third-order valence-electron chi connectivity index (χ3n) is 4.88. The molecule has 35 heavy (non-hydrogen) atoms. The number of ether oxygens (including phenoxy) is 1. The number of aromatic nitrogens is 2. The number of methoxy groups -OCH3 is 1. The number of carbonyl (C=O) groups excluding carboxylic acids is 1. The van der Waals surface area contributed by atoms with E-state index in [1.165, 1.54) is 23.5 Å². The third-order valence-corrected chi connectivity index (χ3v) is 7.35. The van der Waals surface area contributed by atoms with E-state index in [9.17, 15) is 4.79 Å². The summed E-state index contributed by atoms with van der Waals surface area (Å²) in [6.07, 6.45) is 1.69. The van der Waals surface area contributed by atoms with E-state index in [2.05, 4.69) is 15.3 Å². The predicted molar refractivity (Wildman–Crippen MR) is 143 cm³/mol. The normalized spacial score (nSPS) is 10.7. The molecule has 0 saturated heterocycles. The Labute approximate surface area is 222 Å². The van der Waals surface area contributed by atoms with Crippen LogP contribution in [0.3, 0.4) is 0 Å². The van der Waals surface area contributed by atoms with Gasteiger partial charge in [-0.1, -0.05) is 71.0 Å². The van der Waals surface area contributed by atoms with Crippen molar-refractivity contribution >= 4 is 52.6 Å². The number of carbonyl (C=O) groups is 1. The van der Waals surface area contributed by atoms with Gasteiger partial charge in [0.1, 0.15) is 11.4 Å². The van der Waals surface area contributed by atoms with E-state index in [0.29, 0.717) is 38.1 Å². The number of hydrogen-bond acceptors (Lipinski definition) is 6. The summed E-state index contributed by atoms with van der Waals surface area (Å²) in [4.78, 5) is 23.9. The fourth-order valence-corrected chi connectivity index (χ4v) is 4.92. The van der Waals surface area contributed by atoms with Crippen LogP contribution < -0.4 is 10.1 Å². The molecule has 0 aliphatic rings. The molecular formula is C26H21Cl2N3O2S2. The van der Waals surface area contributed by atoms with Gasteiger partial charge in [-0.2, -0.15) is 0 Å². The molecule has 1 amide bonds. The van der Waals surface area contributed by atoms with Gasteiger partial charge in [0.2, 0.25) is 0 Å². The minimum absolute atomic E-state index is 0.270. The molecule has 1 heterocycles. The van der Waals surface area contributed by atoms with Crippen LogP contribution in [0.1, 0.15) is 21.6 Å². The van der Waals surface area contributed by atoms with Crippen LogP contribution in [-0.4, -0.2) is 23.0 Å². The molecule has 3 aromatic carbocycles. The average Bonchev–Trinajstić information content (AvgIpc) is 2.89. The first-order valence-corrected chi connectivity index (χ1v) is 13.1. The van der Waals surface area contributed by atoms with Crippen molar-refractivity contribution in [2.24, 2.45) is 0 Å². The molecule has 5 nitrogen and oxygen atoms in total. The topological polar surface area (TPSA) is 64.1 Å². The van der Waals surface area contributed by atoms with Crippen molar-refractivity contribution in [1.29, 1.82) is 0 Å². The summed E-state index contributed by atoms with van der Waals surface area (Å²) in [5, 5.41) is 4.83. The Morgan fingerprint density at radius 2 is 1.54 bits per heavy atom. The van der Waals surface area contributed by atoms with Gasteiger partial charge in [0.05, 0.1) is 12.0 Å². The van der Waals surface area contributed by atoms with E-state index < -0.39 is 0 Å². The van der Waals surface area contributed by atoms with Crippen LogP contribution in [0.2, 0.25) is 10.0 Å². The van der Waals surface area contributed by atoms with E-state index in [0.717, 1.165) is 21.8 Å². The zero-order chi connectivity index (χ0) is 24.6. The van der Waals surface area contributed by atoms with Crippen LogP contribution >= 0.6 is 46.7 Å². The number of hydrogen-bond donors (Lipinski definition) is 1. The average molecular weight is 543 g/mol. The number of rotatable bonds is 9. The van der Waals surface area contributed by atoms with Gasteiger partial charge >= 0.3 is 0 Å². The summed E-state index contributed by atoms with van der Waals surface area (Å²) in [7, 11) is 1.62. The van der Waals surface area contributed by atoms with E-state index in [4.69, 9.17) is 27.9 Å². The molecule has 0 spiro atoms. The zero-order valence-electron chi connectivity index (χ0n) is 18.7. The Kier molecular flexibility index (Phi) is 8.93. The number of amides is 1. The van der Waals surface area contributed by atoms with Crippen LogP contribution in [0.15, 0.2) is 93.9 Å². The smallest absolute Gasteiger partial charge is 0.271 e. The van der Waals surface area contributed by atoms with Gasteiger partial charge in [0.25, 0.3) is 5.91 Å². The summed E-state index contributed by atoms with van der Waals surface area (Å²) in [6, 6.07) is 22.6. The number of halogens is 2. The van der Waals surface area contributed by atoms with Crippen LogP contribution in [0.4, 0.5) is 0 Å². The second-order valence-electron chi connectivity index (χ2n) is 7.37. The van der Waals surface area contributed by atoms with E-state index in [1.807, 2.05) is 72.8 Å². The lowest BCUT2D eigenvalue weighted by molar-refractivity contribution is 0.0941. The first-order valence-electron chi connectivity index (χ1n) is 10.6. The monoisotopic (exact) mass is 541 g/mol. The van der Waals surface area contributed by atoms with Crippen molar-refractivity contribution in [3.05, 3.63) is 106 Å². The SMILES string of the molecule is COc1ccc(CNC(=O)c2nc(SCc3ccc(Cl)cc3)ncc2Sc2ccc(Cl)cc2)cc1. The van der Waals surface area contributed by atoms with E-state index >= 15 is 0 Å². The minimum atomic E-state index is -0.270. The molecule has 1 N–H and O–H groups in total. The van der Waals surface area contributed by atoms with E-state index in [-0.39, 0.29) is 5.91 Å². The van der Waals surface area contributed by atoms with Gasteiger partial charge in [-0.05, 0) is 59.7 Å². The minimum Gasteiger partial charge on any atom is -0.497 e. The molecule has 1 aromatic heterocycles. The lowest BCUT2D eigenvalue weighted by atomic mass is 10.2. The highest BCUT2D eigenvalue weighted by molar-refractivity contribution is 7.99. The molecule has 0 unspecified atom stereocenters. The van der Waals surface area contributed by atoms with Crippen molar-refractivity contribution in [2.45, 2.75) is 27.2 Å². The lowest BCUT2D eigenvalue weighted by Gasteiger charge is -2.11. The Hall–Kier alpha value is -2.71. The zero-order valence-corrected chi connectivity index (χ0v) is 21.8. The van der Waals surface area contributed by atoms with Gasteiger partial charge < -0.3 is 10.1 Å². The van der Waals surface area contributed by atoms with Crippen molar-refractivity contribution in [3.63, 3.8) is 0 Å². The maximum absolute atomic E-state index is 13.2. The summed E-state index contributed by atoms with van der Waals surface area (Å²) >= 11 is 14.9. The van der Waals surface area contributed by atoms with Gasteiger partial charge in [-0.15, -0.1) is 0 Å². The highest BCUT2D eigenvalue weighted by atomic mass is 35.5. The molecule has 0 saturated carbocycles. The molecule has 178 valence electrons. The van der Waals surface area contributed by atoms with Crippen LogP contribution in [0, 0.1) is 0 Å². The van der Waals surface area contributed by atoms with Crippen LogP contribution in [0.25, 0.3) is 0 Å². The van der Waals surface area contributed by atoms with Gasteiger partial charge in [0.15, 0.2) is 5.16 Å². The van der Waals surface area contributed by atoms with Gasteiger partial charge in [0, 0.05) is 33.4 Å². The summed E-state index contributed by atoms with van der Waals surface area (Å²) in [6.45, 7) is 0.366. The van der Waals surface area contributed by atoms with Crippen LogP contribution in [0.5, 0.6) is 5.75 Å². The Morgan fingerprint density at radius 3 is 2.20 bits per heavy atom. The van der Waals surface area contributed by atoms with Crippen molar-refractivity contribution in [3.8, 4) is 5.75 Å². The van der Waals surface area contributed by atoms with E-state index in [1.54, 1.807) is 13.3 Å². The fraction of sp³-hybridized carbons (Fsp3) is 0.115. The molecule has 0 radical (unpaired) electrons. The number of thioether (sulfide) groups is 1.